The maximum Gasteiger partial charge on any atom is 0.212 e. The Hall–Kier alpha value is -2.10. The van der Waals surface area contributed by atoms with Gasteiger partial charge in [0.15, 0.2) is 0 Å². The zero-order chi connectivity index (χ0) is 14.5. The first-order valence-electron chi connectivity index (χ1n) is 6.17. The molecule has 0 aromatic heterocycles. The summed E-state index contributed by atoms with van der Waals surface area (Å²) in [5.74, 6) is 0.499. The van der Waals surface area contributed by atoms with Gasteiger partial charge in [0.2, 0.25) is 6.41 Å². The van der Waals surface area contributed by atoms with E-state index in [-0.39, 0.29) is 5.41 Å². The molecule has 3 N–H and O–H groups in total. The molecule has 0 aliphatic rings. The van der Waals surface area contributed by atoms with Crippen LogP contribution in [0.1, 0.15) is 26.3 Å². The van der Waals surface area contributed by atoms with Crippen molar-refractivity contribution in [2.24, 2.45) is 5.41 Å². The number of hydrogen-bond acceptors (Lipinski definition) is 3. The molecule has 1 amide bonds. The van der Waals surface area contributed by atoms with Crippen LogP contribution in [-0.4, -0.2) is 12.1 Å². The number of nitrogens with one attached hydrogen (secondary N) is 3. The van der Waals surface area contributed by atoms with E-state index in [2.05, 4.69) is 10.6 Å². The highest BCUT2D eigenvalue weighted by Gasteiger charge is 2.15. The van der Waals surface area contributed by atoms with Gasteiger partial charge in [-0.3, -0.25) is 4.79 Å². The Balaban J connectivity index is 2.89. The van der Waals surface area contributed by atoms with E-state index in [4.69, 9.17) is 5.41 Å². The summed E-state index contributed by atoms with van der Waals surface area (Å²) in [5, 5.41) is 13.6. The molecule has 0 unspecified atom stereocenters. The summed E-state index contributed by atoms with van der Waals surface area (Å²) in [5.41, 5.74) is 2.22. The third-order valence-electron chi connectivity index (χ3n) is 2.64. The lowest BCUT2D eigenvalue weighted by molar-refractivity contribution is -0.108. The second-order valence-electron chi connectivity index (χ2n) is 5.47. The Morgan fingerprint density at radius 3 is 2.26 bits per heavy atom. The monoisotopic (exact) mass is 259 g/mol. The molecule has 1 rings (SSSR count). The SMILES string of the molecule is Cc1ccc(N/C(=C\C(=N)C(C)(C)C)NC=O)cc1. The lowest BCUT2D eigenvalue weighted by Gasteiger charge is -2.18. The average molecular weight is 259 g/mol. The number of carbonyl (C=O) groups is 1. The molecule has 0 aliphatic carbocycles. The molecule has 0 radical (unpaired) electrons. The first-order chi connectivity index (χ1) is 8.82. The summed E-state index contributed by atoms with van der Waals surface area (Å²) in [6.45, 7) is 7.88. The van der Waals surface area contributed by atoms with Crippen molar-refractivity contribution < 1.29 is 4.79 Å². The number of carbonyl (C=O) groups excluding carboxylic acids is 1. The number of allylic oxidation sites excluding steroid dienone is 1. The van der Waals surface area contributed by atoms with Gasteiger partial charge in [-0.1, -0.05) is 38.5 Å². The number of rotatable bonds is 5. The fourth-order valence-electron chi connectivity index (χ4n) is 1.33. The van der Waals surface area contributed by atoms with E-state index in [1.165, 1.54) is 5.56 Å². The minimum Gasteiger partial charge on any atom is -0.342 e. The number of benzene rings is 1. The topological polar surface area (TPSA) is 65.0 Å². The van der Waals surface area contributed by atoms with Crippen LogP contribution >= 0.6 is 0 Å². The van der Waals surface area contributed by atoms with Gasteiger partial charge >= 0.3 is 0 Å². The van der Waals surface area contributed by atoms with Gasteiger partial charge in [-0.2, -0.15) is 0 Å². The highest BCUT2D eigenvalue weighted by molar-refractivity contribution is 5.97. The molecule has 0 spiro atoms. The number of hydrogen-bond donors (Lipinski definition) is 3. The normalized spacial score (nSPS) is 11.9. The van der Waals surface area contributed by atoms with E-state index in [0.29, 0.717) is 17.9 Å². The van der Waals surface area contributed by atoms with E-state index >= 15 is 0 Å². The molecular weight excluding hydrogens is 238 g/mol. The molecule has 0 saturated carbocycles. The first-order valence-corrected chi connectivity index (χ1v) is 6.17. The van der Waals surface area contributed by atoms with Crippen molar-refractivity contribution >= 4 is 17.8 Å². The minimum absolute atomic E-state index is 0.259. The van der Waals surface area contributed by atoms with Crippen LogP contribution in [0.5, 0.6) is 0 Å². The fourth-order valence-corrected chi connectivity index (χ4v) is 1.33. The molecule has 0 bridgehead atoms. The molecule has 0 atom stereocenters. The summed E-state index contributed by atoms with van der Waals surface area (Å²) in [7, 11) is 0. The number of anilines is 1. The predicted octanol–water partition coefficient (Wildman–Crippen LogP) is 3.06. The third-order valence-corrected chi connectivity index (χ3v) is 2.64. The lowest BCUT2D eigenvalue weighted by Crippen LogP contribution is -2.23. The number of aryl methyl sites for hydroxylation is 1. The van der Waals surface area contributed by atoms with Gasteiger partial charge < -0.3 is 16.0 Å². The van der Waals surface area contributed by atoms with Gasteiger partial charge in [0.25, 0.3) is 0 Å². The Morgan fingerprint density at radius 2 is 1.79 bits per heavy atom. The van der Waals surface area contributed by atoms with Crippen molar-refractivity contribution in [3.8, 4) is 0 Å². The fraction of sp³-hybridized carbons (Fsp3) is 0.333. The maximum atomic E-state index is 10.6. The van der Waals surface area contributed by atoms with E-state index in [1.807, 2.05) is 52.0 Å². The Morgan fingerprint density at radius 1 is 1.21 bits per heavy atom. The Labute approximate surface area is 114 Å². The van der Waals surface area contributed by atoms with Gasteiger partial charge in [0, 0.05) is 22.9 Å². The van der Waals surface area contributed by atoms with E-state index < -0.39 is 0 Å². The molecule has 0 fully saturated rings. The summed E-state index contributed by atoms with van der Waals surface area (Å²) in [6, 6.07) is 7.82. The van der Waals surface area contributed by atoms with Crippen LogP contribution in [0.2, 0.25) is 0 Å². The lowest BCUT2D eigenvalue weighted by atomic mass is 9.90. The van der Waals surface area contributed by atoms with Crippen LogP contribution in [0.4, 0.5) is 5.69 Å². The zero-order valence-corrected chi connectivity index (χ0v) is 11.9. The van der Waals surface area contributed by atoms with Crippen LogP contribution < -0.4 is 10.6 Å². The molecule has 0 saturated heterocycles. The molecule has 102 valence electrons. The summed E-state index contributed by atoms with van der Waals surface area (Å²) in [4.78, 5) is 10.6. The summed E-state index contributed by atoms with van der Waals surface area (Å²) < 4.78 is 0. The highest BCUT2D eigenvalue weighted by Crippen LogP contribution is 2.17. The van der Waals surface area contributed by atoms with Crippen molar-refractivity contribution in [2.75, 3.05) is 5.32 Å². The quantitative estimate of drug-likeness (QED) is 0.562. The zero-order valence-electron chi connectivity index (χ0n) is 11.9. The standard InChI is InChI=1S/C15H21N3O/c1-11-5-7-12(8-6-11)18-14(17-10-19)9-13(16)15(2,3)4/h5-10,16,18H,1-4H3,(H,17,19)/b14-9-,16-13?. The average Bonchev–Trinajstić information content (AvgIpc) is 2.31. The van der Waals surface area contributed by atoms with Crippen LogP contribution in [0.15, 0.2) is 36.2 Å². The Bertz CT molecular complexity index is 481. The van der Waals surface area contributed by atoms with Gasteiger partial charge in [-0.15, -0.1) is 0 Å². The first kappa shape index (κ1) is 15.0. The molecule has 1 aromatic carbocycles. The largest absolute Gasteiger partial charge is 0.342 e. The van der Waals surface area contributed by atoms with Gasteiger partial charge in [0.1, 0.15) is 5.82 Å². The van der Waals surface area contributed by atoms with E-state index in [1.54, 1.807) is 6.08 Å². The van der Waals surface area contributed by atoms with Gasteiger partial charge in [-0.25, -0.2) is 0 Å². The van der Waals surface area contributed by atoms with E-state index in [9.17, 15) is 4.79 Å². The summed E-state index contributed by atoms with van der Waals surface area (Å²) in [6.07, 6.45) is 2.23. The number of amides is 1. The van der Waals surface area contributed by atoms with Gasteiger partial charge in [0.05, 0.1) is 0 Å². The molecule has 19 heavy (non-hydrogen) atoms. The van der Waals surface area contributed by atoms with Crippen LogP contribution in [0.25, 0.3) is 0 Å². The van der Waals surface area contributed by atoms with Gasteiger partial charge in [-0.05, 0) is 19.1 Å². The van der Waals surface area contributed by atoms with Crippen molar-refractivity contribution in [2.45, 2.75) is 27.7 Å². The Kier molecular flexibility index (Phi) is 4.87. The predicted molar refractivity (Wildman–Crippen MR) is 79.3 cm³/mol. The van der Waals surface area contributed by atoms with Crippen molar-refractivity contribution in [1.29, 1.82) is 5.41 Å². The molecule has 1 aromatic rings. The minimum atomic E-state index is -0.259. The molecular formula is C15H21N3O. The van der Waals surface area contributed by atoms with E-state index in [0.717, 1.165) is 5.69 Å². The van der Waals surface area contributed by atoms with Crippen LogP contribution in [-0.2, 0) is 4.79 Å². The molecule has 4 nitrogen and oxygen atoms in total. The second-order valence-corrected chi connectivity index (χ2v) is 5.47. The summed E-state index contributed by atoms with van der Waals surface area (Å²) >= 11 is 0. The molecule has 0 heterocycles. The maximum absolute atomic E-state index is 10.6. The molecule has 0 aliphatic heterocycles. The third kappa shape index (κ3) is 4.95. The second kappa shape index (κ2) is 6.18. The highest BCUT2D eigenvalue weighted by atomic mass is 16.1. The van der Waals surface area contributed by atoms with Crippen LogP contribution in [0, 0.1) is 17.7 Å². The van der Waals surface area contributed by atoms with Crippen molar-refractivity contribution in [1.82, 2.24) is 5.32 Å². The van der Waals surface area contributed by atoms with Crippen molar-refractivity contribution in [3.63, 3.8) is 0 Å². The van der Waals surface area contributed by atoms with Crippen LogP contribution in [0.3, 0.4) is 0 Å². The van der Waals surface area contributed by atoms with Crippen molar-refractivity contribution in [3.05, 3.63) is 41.7 Å². The smallest absolute Gasteiger partial charge is 0.212 e. The molecule has 4 heteroatoms.